The van der Waals surface area contributed by atoms with Gasteiger partial charge < -0.3 is 27.0 Å². The van der Waals surface area contributed by atoms with Gasteiger partial charge in [0, 0.05) is 49.7 Å². The highest BCUT2D eigenvalue weighted by Crippen LogP contribution is 2.30. The van der Waals surface area contributed by atoms with Crippen LogP contribution < -0.4 is 22.1 Å². The molecule has 0 aliphatic rings. The Balaban J connectivity index is 1.76. The third kappa shape index (κ3) is 5.93. The molecule has 0 atom stereocenters. The number of carbonyl (C=O) groups is 2. The van der Waals surface area contributed by atoms with Crippen molar-refractivity contribution < 1.29 is 9.59 Å². The number of benzene rings is 2. The molecule has 172 valence electrons. The summed E-state index contributed by atoms with van der Waals surface area (Å²) in [6.45, 7) is 8.69. The van der Waals surface area contributed by atoms with Crippen LogP contribution in [0.25, 0.3) is 10.2 Å². The van der Waals surface area contributed by atoms with Gasteiger partial charge in [0.15, 0.2) is 5.01 Å². The maximum absolute atomic E-state index is 12.7. The number of anilines is 3. The average molecular weight is 466 g/mol. The number of amides is 2. The molecule has 3 aromatic rings. The number of nitrogens with two attached hydrogens (primary N) is 2. The van der Waals surface area contributed by atoms with E-state index in [1.807, 2.05) is 25.1 Å². The van der Waals surface area contributed by atoms with Gasteiger partial charge in [-0.2, -0.15) is 0 Å². The van der Waals surface area contributed by atoms with Crippen molar-refractivity contribution in [3.8, 4) is 0 Å². The van der Waals surface area contributed by atoms with Gasteiger partial charge in [-0.3, -0.25) is 9.59 Å². The van der Waals surface area contributed by atoms with Crippen molar-refractivity contribution in [1.82, 2.24) is 9.88 Å². The maximum atomic E-state index is 12.7. The monoisotopic (exact) mass is 465 g/mol. The van der Waals surface area contributed by atoms with Crippen molar-refractivity contribution in [2.45, 2.75) is 13.8 Å². The summed E-state index contributed by atoms with van der Waals surface area (Å²) in [6, 6.07) is 10.8. The number of aromatic nitrogens is 1. The maximum Gasteiger partial charge on any atom is 0.282 e. The number of nitrogens with one attached hydrogen (secondary N) is 2. The lowest BCUT2D eigenvalue weighted by Crippen LogP contribution is -2.35. The fourth-order valence-corrected chi connectivity index (χ4v) is 4.15. The van der Waals surface area contributed by atoms with E-state index in [2.05, 4.69) is 27.2 Å². The zero-order valence-corrected chi connectivity index (χ0v) is 19.4. The van der Waals surface area contributed by atoms with E-state index in [1.54, 1.807) is 29.3 Å². The lowest BCUT2D eigenvalue weighted by molar-refractivity contribution is -0.114. The van der Waals surface area contributed by atoms with Crippen molar-refractivity contribution in [2.75, 3.05) is 36.0 Å². The zero-order chi connectivity index (χ0) is 24.0. The normalized spacial score (nSPS) is 11.0. The number of thiazole rings is 1. The number of rotatable bonds is 9. The van der Waals surface area contributed by atoms with Gasteiger partial charge in [0.25, 0.3) is 5.91 Å². The standard InChI is InChI=1S/C23H27N7O2S/c1-4-30(11-10-24)23(32)22-29-19-9-8-16(20(25)21(19)33-22)13-26-14(2)27-17-6-5-7-18(12-17)28-15(3)31/h5-9,12-13,27H,2,4,10-11,24-25H2,1,3H3,(H,28,31). The third-order valence-electron chi connectivity index (χ3n) is 4.71. The predicted octanol–water partition coefficient (Wildman–Crippen LogP) is 3.26. The minimum Gasteiger partial charge on any atom is -0.397 e. The van der Waals surface area contributed by atoms with Crippen molar-refractivity contribution in [2.24, 2.45) is 10.7 Å². The molecule has 9 nitrogen and oxygen atoms in total. The van der Waals surface area contributed by atoms with Gasteiger partial charge >= 0.3 is 0 Å². The van der Waals surface area contributed by atoms with Crippen LogP contribution in [-0.2, 0) is 4.79 Å². The second-order valence-corrected chi connectivity index (χ2v) is 8.20. The quantitative estimate of drug-likeness (QED) is 0.283. The highest BCUT2D eigenvalue weighted by atomic mass is 32.1. The van der Waals surface area contributed by atoms with E-state index < -0.39 is 0 Å². The van der Waals surface area contributed by atoms with Gasteiger partial charge in [-0.15, -0.1) is 11.3 Å². The van der Waals surface area contributed by atoms with Crippen LogP contribution >= 0.6 is 11.3 Å². The summed E-state index contributed by atoms with van der Waals surface area (Å²) in [6.07, 6.45) is 1.61. The molecule has 2 aromatic carbocycles. The molecule has 3 rings (SSSR count). The molecule has 0 saturated carbocycles. The van der Waals surface area contributed by atoms with E-state index in [0.717, 1.165) is 10.4 Å². The number of carbonyl (C=O) groups excluding carboxylic acids is 2. The minimum atomic E-state index is -0.155. The second kappa shape index (κ2) is 10.7. The molecule has 0 unspecified atom stereocenters. The summed E-state index contributed by atoms with van der Waals surface area (Å²) in [5.41, 5.74) is 15.2. The molecule has 0 saturated heterocycles. The number of hydrogen-bond donors (Lipinski definition) is 4. The van der Waals surface area contributed by atoms with Gasteiger partial charge in [-0.25, -0.2) is 9.98 Å². The molecule has 33 heavy (non-hydrogen) atoms. The highest BCUT2D eigenvalue weighted by molar-refractivity contribution is 7.21. The smallest absolute Gasteiger partial charge is 0.282 e. The molecule has 0 aliphatic heterocycles. The highest BCUT2D eigenvalue weighted by Gasteiger charge is 2.19. The van der Waals surface area contributed by atoms with Crippen molar-refractivity contribution in [1.29, 1.82) is 0 Å². The largest absolute Gasteiger partial charge is 0.397 e. The van der Waals surface area contributed by atoms with E-state index >= 15 is 0 Å². The van der Waals surface area contributed by atoms with E-state index in [0.29, 0.717) is 52.9 Å². The summed E-state index contributed by atoms with van der Waals surface area (Å²) in [5.74, 6) is 0.0948. The van der Waals surface area contributed by atoms with E-state index in [9.17, 15) is 9.59 Å². The van der Waals surface area contributed by atoms with Crippen molar-refractivity contribution >= 4 is 56.6 Å². The molecular formula is C23H27N7O2S. The summed E-state index contributed by atoms with van der Waals surface area (Å²) < 4.78 is 0.729. The second-order valence-electron chi connectivity index (χ2n) is 7.20. The lowest BCUT2D eigenvalue weighted by Gasteiger charge is -2.18. The fourth-order valence-electron chi connectivity index (χ4n) is 3.15. The topological polar surface area (TPSA) is 139 Å². The van der Waals surface area contributed by atoms with Crippen LogP contribution in [-0.4, -0.2) is 47.5 Å². The van der Waals surface area contributed by atoms with E-state index in [1.165, 1.54) is 18.3 Å². The first kappa shape index (κ1) is 23.9. The van der Waals surface area contributed by atoms with Crippen LogP contribution in [0.4, 0.5) is 17.1 Å². The number of hydrogen-bond acceptors (Lipinski definition) is 8. The number of nitrogens with zero attached hydrogens (tertiary/aromatic N) is 3. The number of aliphatic imine (C=N–C) groups is 1. The molecule has 0 spiro atoms. The zero-order valence-electron chi connectivity index (χ0n) is 18.6. The summed E-state index contributed by atoms with van der Waals surface area (Å²) >= 11 is 1.26. The van der Waals surface area contributed by atoms with Gasteiger partial charge in [-0.05, 0) is 37.3 Å². The molecule has 0 fully saturated rings. The van der Waals surface area contributed by atoms with Crippen LogP contribution in [0.2, 0.25) is 0 Å². The molecule has 6 N–H and O–H groups in total. The van der Waals surface area contributed by atoms with Crippen LogP contribution in [0, 0.1) is 0 Å². The molecule has 2 amide bonds. The SMILES string of the molecule is C=C(N=Cc1ccc2nc(C(=O)N(CC)CCN)sc2c1N)Nc1cccc(NC(C)=O)c1. The molecule has 0 bridgehead atoms. The minimum absolute atomic E-state index is 0.149. The Morgan fingerprint density at radius 2 is 1.97 bits per heavy atom. The molecule has 10 heteroatoms. The molecule has 1 aromatic heterocycles. The Morgan fingerprint density at radius 3 is 2.64 bits per heavy atom. The van der Waals surface area contributed by atoms with E-state index in [4.69, 9.17) is 11.5 Å². The Morgan fingerprint density at radius 1 is 1.24 bits per heavy atom. The van der Waals surface area contributed by atoms with Gasteiger partial charge in [0.2, 0.25) is 5.91 Å². The number of nitrogen functional groups attached to an aromatic ring is 1. The summed E-state index contributed by atoms with van der Waals surface area (Å²) in [7, 11) is 0. The Labute approximate surface area is 196 Å². The first-order chi connectivity index (χ1) is 15.8. The summed E-state index contributed by atoms with van der Waals surface area (Å²) in [4.78, 5) is 34.4. The Bertz CT molecular complexity index is 1220. The first-order valence-electron chi connectivity index (χ1n) is 10.4. The molecule has 1 heterocycles. The molecule has 0 aliphatic carbocycles. The number of likely N-dealkylation sites (N-methyl/N-ethyl adjacent to an activating group) is 1. The molecule has 0 radical (unpaired) electrons. The Hall–Kier alpha value is -3.76. The summed E-state index contributed by atoms with van der Waals surface area (Å²) in [5, 5.41) is 6.19. The molecular weight excluding hydrogens is 438 g/mol. The van der Waals surface area contributed by atoms with Crippen LogP contribution in [0.5, 0.6) is 0 Å². The van der Waals surface area contributed by atoms with E-state index in [-0.39, 0.29) is 11.8 Å². The first-order valence-corrected chi connectivity index (χ1v) is 11.2. The lowest BCUT2D eigenvalue weighted by atomic mass is 10.2. The van der Waals surface area contributed by atoms with Crippen molar-refractivity contribution in [3.63, 3.8) is 0 Å². The number of fused-ring (bicyclic) bond motifs is 1. The fraction of sp³-hybridized carbons (Fsp3) is 0.217. The van der Waals surface area contributed by atoms with Crippen LogP contribution in [0.1, 0.15) is 29.2 Å². The Kier molecular flexibility index (Phi) is 7.75. The predicted molar refractivity (Wildman–Crippen MR) is 136 cm³/mol. The third-order valence-corrected chi connectivity index (χ3v) is 5.80. The van der Waals surface area contributed by atoms with Gasteiger partial charge in [-0.1, -0.05) is 12.6 Å². The van der Waals surface area contributed by atoms with Gasteiger partial charge in [0.1, 0.15) is 5.82 Å². The van der Waals surface area contributed by atoms with Crippen LogP contribution in [0.3, 0.4) is 0 Å². The van der Waals surface area contributed by atoms with Crippen molar-refractivity contribution in [3.05, 3.63) is 59.4 Å². The van der Waals surface area contributed by atoms with Crippen LogP contribution in [0.15, 0.2) is 53.8 Å². The average Bonchev–Trinajstić information content (AvgIpc) is 3.21. The van der Waals surface area contributed by atoms with Gasteiger partial charge in [0.05, 0.1) is 15.9 Å².